The maximum absolute atomic E-state index is 13.6. The molecule has 8 nitrogen and oxygen atoms in total. The smallest absolute Gasteiger partial charge is 0.264 e. The van der Waals surface area contributed by atoms with Gasteiger partial charge in [0.15, 0.2) is 0 Å². The number of anilines is 3. The summed E-state index contributed by atoms with van der Waals surface area (Å²) in [5.41, 5.74) is 4.02. The lowest BCUT2D eigenvalue weighted by Crippen LogP contribution is -2.38. The molecule has 41 heavy (non-hydrogen) atoms. The molecule has 0 atom stereocenters. The van der Waals surface area contributed by atoms with Gasteiger partial charge in [-0.3, -0.25) is 13.8 Å². The van der Waals surface area contributed by atoms with E-state index >= 15 is 0 Å². The second-order valence-electron chi connectivity index (χ2n) is 10.1. The van der Waals surface area contributed by atoms with Crippen LogP contribution in [0.15, 0.2) is 107 Å². The quantitative estimate of drug-likeness (QED) is 0.233. The van der Waals surface area contributed by atoms with Crippen LogP contribution in [0.3, 0.4) is 0 Å². The number of nitrogens with zero attached hydrogens (tertiary/aromatic N) is 1. The lowest BCUT2D eigenvalue weighted by molar-refractivity contribution is -0.114. The minimum atomic E-state index is -4.05. The first-order valence-corrected chi connectivity index (χ1v) is 16.0. The van der Waals surface area contributed by atoms with Gasteiger partial charge >= 0.3 is 0 Å². The molecule has 0 radical (unpaired) electrons. The molecular formula is C31H33N3O5S2. The third-order valence-electron chi connectivity index (χ3n) is 6.54. The van der Waals surface area contributed by atoms with Crippen LogP contribution in [0.5, 0.6) is 0 Å². The average molecular weight is 592 g/mol. The van der Waals surface area contributed by atoms with Crippen molar-refractivity contribution in [3.05, 3.63) is 114 Å². The van der Waals surface area contributed by atoms with E-state index in [1.54, 1.807) is 36.4 Å². The Hall–Kier alpha value is -4.15. The van der Waals surface area contributed by atoms with E-state index in [4.69, 9.17) is 0 Å². The van der Waals surface area contributed by atoms with E-state index in [0.29, 0.717) is 17.1 Å². The van der Waals surface area contributed by atoms with Gasteiger partial charge in [-0.15, -0.1) is 0 Å². The summed E-state index contributed by atoms with van der Waals surface area (Å²) < 4.78 is 56.6. The lowest BCUT2D eigenvalue weighted by Gasteiger charge is -2.24. The summed E-state index contributed by atoms with van der Waals surface area (Å²) in [6.07, 6.45) is 0. The van der Waals surface area contributed by atoms with Gasteiger partial charge in [0.05, 0.1) is 21.2 Å². The van der Waals surface area contributed by atoms with Crippen molar-refractivity contribution < 1.29 is 21.6 Å². The highest BCUT2D eigenvalue weighted by molar-refractivity contribution is 7.93. The maximum atomic E-state index is 13.6. The normalized spacial score (nSPS) is 11.7. The zero-order valence-corrected chi connectivity index (χ0v) is 25.0. The summed E-state index contributed by atoms with van der Waals surface area (Å²) >= 11 is 0. The van der Waals surface area contributed by atoms with Crippen molar-refractivity contribution in [2.45, 2.75) is 43.4 Å². The van der Waals surface area contributed by atoms with E-state index in [0.717, 1.165) is 21.0 Å². The number of carbonyl (C=O) groups excluding carboxylic acids is 1. The summed E-state index contributed by atoms with van der Waals surface area (Å²) in [6.45, 7) is 7.35. The predicted octanol–water partition coefficient (Wildman–Crippen LogP) is 6.06. The number of hydrogen-bond donors (Lipinski definition) is 2. The van der Waals surface area contributed by atoms with Gasteiger partial charge in [-0.05, 0) is 85.5 Å². The molecule has 0 unspecified atom stereocenters. The van der Waals surface area contributed by atoms with Gasteiger partial charge in [0.25, 0.3) is 20.0 Å². The first-order valence-electron chi connectivity index (χ1n) is 13.0. The molecular weight excluding hydrogens is 558 g/mol. The van der Waals surface area contributed by atoms with Crippen molar-refractivity contribution in [3.63, 3.8) is 0 Å². The van der Waals surface area contributed by atoms with Crippen LogP contribution in [0, 0.1) is 13.8 Å². The minimum absolute atomic E-state index is 0.0222. The average Bonchev–Trinajstić information content (AvgIpc) is 2.94. The van der Waals surface area contributed by atoms with Crippen molar-refractivity contribution in [3.8, 4) is 0 Å². The van der Waals surface area contributed by atoms with Crippen LogP contribution < -0.4 is 14.3 Å². The SMILES string of the molecule is Cc1ccc(NS(=O)(=O)c2ccc(NC(=O)CN(c3ccc(C(C)C)cc3)S(=O)(=O)c3ccccc3)cc2)c(C)c1. The molecule has 0 aliphatic rings. The van der Waals surface area contributed by atoms with Crippen molar-refractivity contribution >= 4 is 43.0 Å². The van der Waals surface area contributed by atoms with E-state index in [-0.39, 0.29) is 15.7 Å². The Morgan fingerprint density at radius 3 is 2.00 bits per heavy atom. The van der Waals surface area contributed by atoms with Gasteiger partial charge in [-0.1, -0.05) is 61.9 Å². The molecule has 0 aromatic heterocycles. The van der Waals surface area contributed by atoms with E-state index in [1.165, 1.54) is 36.4 Å². The van der Waals surface area contributed by atoms with E-state index < -0.39 is 32.5 Å². The number of rotatable bonds is 10. The fourth-order valence-electron chi connectivity index (χ4n) is 4.24. The monoisotopic (exact) mass is 591 g/mol. The summed E-state index contributed by atoms with van der Waals surface area (Å²) in [5.74, 6) is -0.323. The molecule has 2 N–H and O–H groups in total. The van der Waals surface area contributed by atoms with E-state index in [9.17, 15) is 21.6 Å². The number of amides is 1. The summed E-state index contributed by atoms with van der Waals surface area (Å²) in [7, 11) is -7.91. The number of nitrogens with one attached hydrogen (secondary N) is 2. The largest absolute Gasteiger partial charge is 0.325 e. The van der Waals surface area contributed by atoms with Crippen LogP contribution >= 0.6 is 0 Å². The van der Waals surface area contributed by atoms with E-state index in [1.807, 2.05) is 52.0 Å². The Bertz CT molecular complexity index is 1740. The zero-order valence-electron chi connectivity index (χ0n) is 23.3. The third kappa shape index (κ3) is 7.14. The van der Waals surface area contributed by atoms with Crippen molar-refractivity contribution in [1.29, 1.82) is 0 Å². The van der Waals surface area contributed by atoms with E-state index in [2.05, 4.69) is 10.0 Å². The zero-order chi connectivity index (χ0) is 29.8. The van der Waals surface area contributed by atoms with Gasteiger partial charge in [0, 0.05) is 5.69 Å². The molecule has 1 amide bonds. The fraction of sp³-hybridized carbons (Fsp3) is 0.194. The van der Waals surface area contributed by atoms with Crippen LogP contribution in [0.1, 0.15) is 36.5 Å². The Balaban J connectivity index is 1.53. The molecule has 4 aromatic carbocycles. The van der Waals surface area contributed by atoms with Crippen LogP contribution in [-0.2, 0) is 24.8 Å². The highest BCUT2D eigenvalue weighted by atomic mass is 32.2. The fourth-order valence-corrected chi connectivity index (χ4v) is 6.81. The summed E-state index contributed by atoms with van der Waals surface area (Å²) in [5, 5.41) is 2.68. The van der Waals surface area contributed by atoms with Crippen molar-refractivity contribution in [2.24, 2.45) is 0 Å². The molecule has 0 saturated carbocycles. The second kappa shape index (κ2) is 12.2. The first-order chi connectivity index (χ1) is 19.4. The third-order valence-corrected chi connectivity index (χ3v) is 9.71. The van der Waals surface area contributed by atoms with Crippen LogP contribution in [-0.4, -0.2) is 29.3 Å². The van der Waals surface area contributed by atoms with Crippen molar-refractivity contribution in [1.82, 2.24) is 0 Å². The van der Waals surface area contributed by atoms with Crippen molar-refractivity contribution in [2.75, 3.05) is 20.9 Å². The number of hydrogen-bond acceptors (Lipinski definition) is 5. The standard InChI is InChI=1S/C31H33N3O5S2/c1-22(2)25-11-15-27(16-12-25)34(41(38,39)29-8-6-5-7-9-29)21-31(35)32-26-13-17-28(18-14-26)40(36,37)33-30-19-10-23(3)20-24(30)4/h5-20,22,33H,21H2,1-4H3,(H,32,35). The molecule has 0 saturated heterocycles. The van der Waals surface area contributed by atoms with Gasteiger partial charge in [0.1, 0.15) is 6.54 Å². The van der Waals surface area contributed by atoms with Gasteiger partial charge in [0.2, 0.25) is 5.91 Å². The predicted molar refractivity (Wildman–Crippen MR) is 163 cm³/mol. The lowest BCUT2D eigenvalue weighted by atomic mass is 10.0. The molecule has 0 fully saturated rings. The minimum Gasteiger partial charge on any atom is -0.325 e. The van der Waals surface area contributed by atoms with Gasteiger partial charge in [-0.25, -0.2) is 16.8 Å². The summed E-state index contributed by atoms with van der Waals surface area (Å²) in [4.78, 5) is 13.2. The Morgan fingerprint density at radius 1 is 0.780 bits per heavy atom. The Kier molecular flexibility index (Phi) is 8.84. The molecule has 214 valence electrons. The topological polar surface area (TPSA) is 113 Å². The molecule has 0 aliphatic carbocycles. The Labute approximate surface area is 242 Å². The Morgan fingerprint density at radius 2 is 1.41 bits per heavy atom. The maximum Gasteiger partial charge on any atom is 0.264 e. The molecule has 0 heterocycles. The second-order valence-corrected chi connectivity index (χ2v) is 13.6. The molecule has 0 aliphatic heterocycles. The molecule has 0 spiro atoms. The van der Waals surface area contributed by atoms with Crippen LogP contribution in [0.25, 0.3) is 0 Å². The number of sulfonamides is 2. The number of benzene rings is 4. The van der Waals surface area contributed by atoms with Crippen LogP contribution in [0.4, 0.5) is 17.1 Å². The van der Waals surface area contributed by atoms with Gasteiger partial charge < -0.3 is 5.32 Å². The van der Waals surface area contributed by atoms with Gasteiger partial charge in [-0.2, -0.15) is 0 Å². The first kappa shape index (κ1) is 29.8. The van der Waals surface area contributed by atoms with Crippen LogP contribution in [0.2, 0.25) is 0 Å². The molecule has 10 heteroatoms. The molecule has 4 aromatic rings. The number of carbonyl (C=O) groups is 1. The number of aryl methyl sites for hydroxylation is 2. The summed E-state index contributed by atoms with van der Waals surface area (Å²) in [6, 6.07) is 26.1. The molecule has 4 rings (SSSR count). The highest BCUT2D eigenvalue weighted by Crippen LogP contribution is 2.26. The molecule has 0 bridgehead atoms. The highest BCUT2D eigenvalue weighted by Gasteiger charge is 2.27.